The van der Waals surface area contributed by atoms with Crippen molar-refractivity contribution >= 4 is 78.2 Å². The Kier molecular flexibility index (Phi) is 7.20. The third-order valence-corrected chi connectivity index (χ3v) is 6.15. The van der Waals surface area contributed by atoms with Gasteiger partial charge >= 0.3 is 5.91 Å². The lowest BCUT2D eigenvalue weighted by atomic mass is 10.2. The Bertz CT molecular complexity index is 1340. The molecule has 1 heterocycles. The first-order valence-corrected chi connectivity index (χ1v) is 11.6. The highest BCUT2D eigenvalue weighted by Crippen LogP contribution is 2.26. The summed E-state index contributed by atoms with van der Waals surface area (Å²) in [5.41, 5.74) is 4.64. The lowest BCUT2D eigenvalue weighted by Gasteiger charge is -2.10. The Morgan fingerprint density at radius 3 is 2.59 bits per heavy atom. The molecule has 1 N–H and O–H groups in total. The number of fused-ring (bicyclic) bond motifs is 1. The number of halogens is 4. The fourth-order valence-corrected chi connectivity index (χ4v) is 3.96. The van der Waals surface area contributed by atoms with Gasteiger partial charge in [0.1, 0.15) is 17.9 Å². The van der Waals surface area contributed by atoms with Crippen molar-refractivity contribution in [3.8, 4) is 5.75 Å². The van der Waals surface area contributed by atoms with Gasteiger partial charge in [-0.2, -0.15) is 5.10 Å². The fourth-order valence-electron chi connectivity index (χ4n) is 2.88. The normalized spacial score (nSPS) is 11.2. The van der Waals surface area contributed by atoms with E-state index in [1.807, 2.05) is 36.4 Å². The molecule has 4 rings (SSSR count). The molecule has 0 aliphatic carbocycles. The maximum atomic E-state index is 12.4. The van der Waals surface area contributed by atoms with Crippen molar-refractivity contribution in [1.82, 2.24) is 5.43 Å². The molecule has 162 valence electrons. The number of nitrogens with one attached hydrogen (secondary N) is 1. The van der Waals surface area contributed by atoms with E-state index in [-0.39, 0.29) is 5.76 Å². The molecule has 0 saturated carbocycles. The number of benzene rings is 3. The van der Waals surface area contributed by atoms with Crippen LogP contribution in [0.3, 0.4) is 0 Å². The predicted octanol–water partition coefficient (Wildman–Crippen LogP) is 7.61. The molecule has 0 aliphatic heterocycles. The summed E-state index contributed by atoms with van der Waals surface area (Å²) in [5.74, 6) is 0.299. The third-order valence-electron chi connectivity index (χ3n) is 4.42. The third kappa shape index (κ3) is 5.53. The minimum absolute atomic E-state index is 0.167. The van der Waals surface area contributed by atoms with Gasteiger partial charge in [-0.25, -0.2) is 5.43 Å². The summed E-state index contributed by atoms with van der Waals surface area (Å²) in [7, 11) is 0. The molecule has 32 heavy (non-hydrogen) atoms. The Morgan fingerprint density at radius 2 is 1.78 bits per heavy atom. The highest BCUT2D eigenvalue weighted by molar-refractivity contribution is 9.10. The van der Waals surface area contributed by atoms with Crippen LogP contribution in [0.15, 0.2) is 79.1 Å². The van der Waals surface area contributed by atoms with Crippen molar-refractivity contribution in [3.63, 3.8) is 0 Å². The number of rotatable bonds is 6. The molecule has 1 aromatic heterocycles. The quantitative estimate of drug-likeness (QED) is 0.184. The van der Waals surface area contributed by atoms with E-state index >= 15 is 0 Å². The van der Waals surface area contributed by atoms with E-state index in [0.717, 1.165) is 19.9 Å². The number of hydrazone groups is 1. The predicted molar refractivity (Wildman–Crippen MR) is 134 cm³/mol. The number of nitrogens with zero attached hydrogens (tertiary/aromatic N) is 1. The number of hydrogen-bond acceptors (Lipinski definition) is 4. The topological polar surface area (TPSA) is 63.8 Å². The Morgan fingerprint density at radius 1 is 1.00 bits per heavy atom. The van der Waals surface area contributed by atoms with Crippen molar-refractivity contribution < 1.29 is 13.9 Å². The molecule has 0 radical (unpaired) electrons. The SMILES string of the molecule is O=C(N/N=C/c1cc(Br)ccc1OCc1ccc(Cl)c(Cl)c1)c1cc2cc(Br)ccc2o1. The molecular weight excluding hydrogens is 583 g/mol. The molecule has 0 saturated heterocycles. The van der Waals surface area contributed by atoms with Crippen LogP contribution in [0.2, 0.25) is 10.0 Å². The van der Waals surface area contributed by atoms with Crippen molar-refractivity contribution in [2.75, 3.05) is 0 Å². The fraction of sp³-hybridized carbons (Fsp3) is 0.0435. The van der Waals surface area contributed by atoms with Gasteiger partial charge in [0.05, 0.1) is 16.3 Å². The molecule has 0 aliphatic rings. The van der Waals surface area contributed by atoms with Gasteiger partial charge in [-0.3, -0.25) is 4.79 Å². The summed E-state index contributed by atoms with van der Waals surface area (Å²) in [6.45, 7) is 0.292. The number of ether oxygens (including phenoxy) is 1. The molecule has 0 bridgehead atoms. The summed E-state index contributed by atoms with van der Waals surface area (Å²) in [5, 5.41) is 5.82. The number of carbonyl (C=O) groups is 1. The van der Waals surface area contributed by atoms with E-state index in [1.54, 1.807) is 24.3 Å². The second-order valence-corrected chi connectivity index (χ2v) is 9.36. The van der Waals surface area contributed by atoms with Crippen LogP contribution in [-0.4, -0.2) is 12.1 Å². The van der Waals surface area contributed by atoms with E-state index in [2.05, 4.69) is 42.4 Å². The van der Waals surface area contributed by atoms with Crippen LogP contribution in [0.1, 0.15) is 21.7 Å². The molecule has 1 amide bonds. The van der Waals surface area contributed by atoms with Gasteiger partial charge in [0.15, 0.2) is 5.76 Å². The van der Waals surface area contributed by atoms with Crippen LogP contribution >= 0.6 is 55.1 Å². The van der Waals surface area contributed by atoms with Gasteiger partial charge in [-0.1, -0.05) is 61.1 Å². The minimum atomic E-state index is -0.457. The molecule has 3 aromatic carbocycles. The molecule has 0 unspecified atom stereocenters. The van der Waals surface area contributed by atoms with Gasteiger partial charge in [0, 0.05) is 19.9 Å². The maximum Gasteiger partial charge on any atom is 0.307 e. The Hall–Kier alpha value is -2.32. The van der Waals surface area contributed by atoms with Gasteiger partial charge in [0.25, 0.3) is 0 Å². The van der Waals surface area contributed by atoms with E-state index in [4.69, 9.17) is 32.4 Å². The van der Waals surface area contributed by atoms with E-state index in [1.165, 1.54) is 6.21 Å². The summed E-state index contributed by atoms with van der Waals surface area (Å²) in [6, 6.07) is 18.0. The first kappa shape index (κ1) is 22.9. The highest BCUT2D eigenvalue weighted by atomic mass is 79.9. The molecule has 5 nitrogen and oxygen atoms in total. The molecule has 0 atom stereocenters. The lowest BCUT2D eigenvalue weighted by molar-refractivity contribution is 0.0929. The van der Waals surface area contributed by atoms with E-state index in [0.29, 0.717) is 33.5 Å². The van der Waals surface area contributed by atoms with Gasteiger partial charge in [0.2, 0.25) is 0 Å². The zero-order valence-corrected chi connectivity index (χ0v) is 20.9. The first-order valence-electron chi connectivity index (χ1n) is 9.28. The molecular formula is C23H14Br2Cl2N2O3. The highest BCUT2D eigenvalue weighted by Gasteiger charge is 2.12. The monoisotopic (exact) mass is 594 g/mol. The number of amides is 1. The molecule has 4 aromatic rings. The summed E-state index contributed by atoms with van der Waals surface area (Å²) >= 11 is 18.9. The first-order chi connectivity index (χ1) is 15.4. The van der Waals surface area contributed by atoms with Crippen LogP contribution in [-0.2, 0) is 6.61 Å². The maximum absolute atomic E-state index is 12.4. The van der Waals surface area contributed by atoms with Crippen molar-refractivity contribution in [3.05, 3.63) is 96.5 Å². The average molecular weight is 597 g/mol. The van der Waals surface area contributed by atoms with Crippen LogP contribution in [0, 0.1) is 0 Å². The summed E-state index contributed by atoms with van der Waals surface area (Å²) in [4.78, 5) is 12.4. The largest absolute Gasteiger partial charge is 0.488 e. The zero-order valence-electron chi connectivity index (χ0n) is 16.2. The Balaban J connectivity index is 1.46. The van der Waals surface area contributed by atoms with E-state index < -0.39 is 5.91 Å². The lowest BCUT2D eigenvalue weighted by Crippen LogP contribution is -2.16. The van der Waals surface area contributed by atoms with Crippen LogP contribution in [0.4, 0.5) is 0 Å². The van der Waals surface area contributed by atoms with E-state index in [9.17, 15) is 4.79 Å². The Labute approximate surface area is 210 Å². The number of furan rings is 1. The van der Waals surface area contributed by atoms with Gasteiger partial charge in [-0.05, 0) is 60.2 Å². The summed E-state index contributed by atoms with van der Waals surface area (Å²) in [6.07, 6.45) is 1.51. The number of hydrogen-bond donors (Lipinski definition) is 1. The summed E-state index contributed by atoms with van der Waals surface area (Å²) < 4.78 is 13.2. The van der Waals surface area contributed by atoms with Crippen LogP contribution < -0.4 is 10.2 Å². The smallest absolute Gasteiger partial charge is 0.307 e. The standard InChI is InChI=1S/C23H14Br2Cl2N2O3/c24-16-3-6-21-14(8-16)10-22(32-21)23(30)29-28-11-15-9-17(25)2-5-20(15)31-12-13-1-4-18(26)19(27)7-13/h1-11H,12H2,(H,29,30)/b28-11+. The van der Waals surface area contributed by atoms with Gasteiger partial charge in [-0.15, -0.1) is 0 Å². The van der Waals surface area contributed by atoms with Crippen molar-refractivity contribution in [2.45, 2.75) is 6.61 Å². The second kappa shape index (κ2) is 10.1. The van der Waals surface area contributed by atoms with Crippen molar-refractivity contribution in [2.24, 2.45) is 5.10 Å². The average Bonchev–Trinajstić information content (AvgIpc) is 3.19. The second-order valence-electron chi connectivity index (χ2n) is 6.71. The van der Waals surface area contributed by atoms with Gasteiger partial charge < -0.3 is 9.15 Å². The number of carbonyl (C=O) groups excluding carboxylic acids is 1. The van der Waals surface area contributed by atoms with Crippen LogP contribution in [0.25, 0.3) is 11.0 Å². The molecule has 0 fully saturated rings. The van der Waals surface area contributed by atoms with Crippen LogP contribution in [0.5, 0.6) is 5.75 Å². The van der Waals surface area contributed by atoms with Crippen molar-refractivity contribution in [1.29, 1.82) is 0 Å². The molecule has 9 heteroatoms. The molecule has 0 spiro atoms. The minimum Gasteiger partial charge on any atom is -0.488 e. The zero-order chi connectivity index (χ0) is 22.7.